The minimum Gasteiger partial charge on any atom is -0.297 e. The molecule has 0 bridgehead atoms. The number of aromatic nitrogens is 4. The van der Waals surface area contributed by atoms with Gasteiger partial charge < -0.3 is 0 Å². The molecule has 4 heterocycles. The van der Waals surface area contributed by atoms with Gasteiger partial charge >= 0.3 is 0 Å². The lowest BCUT2D eigenvalue weighted by Crippen LogP contribution is -1.93. The molecule has 20 heavy (non-hydrogen) atoms. The Hall–Kier alpha value is -1.16. The lowest BCUT2D eigenvalue weighted by molar-refractivity contribution is 1.12. The predicted octanol–water partition coefficient (Wildman–Crippen LogP) is 3.86. The van der Waals surface area contributed by atoms with Crippen LogP contribution in [0.3, 0.4) is 0 Å². The molecule has 0 aromatic carbocycles. The number of halogens is 2. The smallest absolute Gasteiger partial charge is 0.137 e. The fraction of sp³-hybridized carbons (Fsp3) is 0. The van der Waals surface area contributed by atoms with Crippen LogP contribution in [0.2, 0.25) is 0 Å². The van der Waals surface area contributed by atoms with E-state index in [2.05, 4.69) is 88.5 Å². The molecule has 0 unspecified atom stereocenters. The first-order chi connectivity index (χ1) is 9.72. The molecule has 0 aliphatic rings. The van der Waals surface area contributed by atoms with Gasteiger partial charge in [0.05, 0.1) is 23.8 Å². The molecule has 0 radical (unpaired) electrons. The molecule has 0 saturated carbocycles. The van der Waals surface area contributed by atoms with Crippen LogP contribution in [-0.2, 0) is 0 Å². The van der Waals surface area contributed by atoms with E-state index < -0.39 is 0 Å². The molecule has 4 aromatic rings. The van der Waals surface area contributed by atoms with Gasteiger partial charge in [0.15, 0.2) is 0 Å². The summed E-state index contributed by atoms with van der Waals surface area (Å²) in [6.45, 7) is 0. The summed E-state index contributed by atoms with van der Waals surface area (Å²) in [5.74, 6) is 0. The second kappa shape index (κ2) is 4.69. The Kier molecular flexibility index (Phi) is 2.95. The van der Waals surface area contributed by atoms with E-state index in [-0.39, 0.29) is 0 Å². The van der Waals surface area contributed by atoms with E-state index in [4.69, 9.17) is 0 Å². The van der Waals surface area contributed by atoms with E-state index in [1.54, 1.807) is 0 Å². The van der Waals surface area contributed by atoms with Crippen molar-refractivity contribution in [3.05, 3.63) is 56.2 Å². The van der Waals surface area contributed by atoms with E-state index >= 15 is 0 Å². The molecule has 0 amide bonds. The van der Waals surface area contributed by atoms with Crippen molar-refractivity contribution in [3.63, 3.8) is 0 Å². The highest BCUT2D eigenvalue weighted by Crippen LogP contribution is 2.23. The first kappa shape index (κ1) is 12.6. The van der Waals surface area contributed by atoms with Crippen LogP contribution in [0.1, 0.15) is 0 Å². The standard InChI is InChI=1S/C14H8I2N4/c15-9-1-3-13-17-5-11(19(13)7-9)12-6-18-14-4-2-10(16)8-20(12)14/h1-8H. The van der Waals surface area contributed by atoms with Crippen LogP contribution in [-0.4, -0.2) is 18.8 Å². The maximum atomic E-state index is 4.46. The highest BCUT2D eigenvalue weighted by molar-refractivity contribution is 14.1. The summed E-state index contributed by atoms with van der Waals surface area (Å²) >= 11 is 4.62. The van der Waals surface area contributed by atoms with Gasteiger partial charge in [0, 0.05) is 19.5 Å². The Bertz CT molecular complexity index is 861. The summed E-state index contributed by atoms with van der Waals surface area (Å²) < 4.78 is 6.56. The molecule has 98 valence electrons. The third kappa shape index (κ3) is 1.93. The summed E-state index contributed by atoms with van der Waals surface area (Å²) in [4.78, 5) is 8.92. The van der Waals surface area contributed by atoms with E-state index in [1.165, 1.54) is 7.14 Å². The van der Waals surface area contributed by atoms with E-state index in [0.717, 1.165) is 22.7 Å². The van der Waals surface area contributed by atoms with Crippen molar-refractivity contribution in [2.45, 2.75) is 0 Å². The fourth-order valence-electron chi connectivity index (χ4n) is 2.29. The van der Waals surface area contributed by atoms with Gasteiger partial charge in [-0.15, -0.1) is 0 Å². The van der Waals surface area contributed by atoms with Crippen molar-refractivity contribution < 1.29 is 0 Å². The van der Waals surface area contributed by atoms with E-state index in [0.29, 0.717) is 0 Å². The zero-order valence-electron chi connectivity index (χ0n) is 10.2. The van der Waals surface area contributed by atoms with Gasteiger partial charge in [-0.25, -0.2) is 9.97 Å². The summed E-state index contributed by atoms with van der Waals surface area (Å²) in [7, 11) is 0. The zero-order valence-corrected chi connectivity index (χ0v) is 14.5. The number of hydrogen-bond donors (Lipinski definition) is 0. The van der Waals surface area contributed by atoms with Gasteiger partial charge in [-0.05, 0) is 69.4 Å². The third-order valence-electron chi connectivity index (χ3n) is 3.20. The van der Waals surface area contributed by atoms with Gasteiger partial charge in [0.1, 0.15) is 11.3 Å². The molecule has 4 rings (SSSR count). The number of hydrogen-bond acceptors (Lipinski definition) is 2. The first-order valence-electron chi connectivity index (χ1n) is 5.98. The van der Waals surface area contributed by atoms with Crippen molar-refractivity contribution >= 4 is 56.5 Å². The molecule has 6 heteroatoms. The van der Waals surface area contributed by atoms with Crippen LogP contribution in [0.5, 0.6) is 0 Å². The monoisotopic (exact) mass is 486 g/mol. The molecule has 0 fully saturated rings. The van der Waals surface area contributed by atoms with Crippen molar-refractivity contribution in [1.82, 2.24) is 18.8 Å². The molecule has 4 aromatic heterocycles. The largest absolute Gasteiger partial charge is 0.297 e. The molecule has 0 aliphatic heterocycles. The van der Waals surface area contributed by atoms with Crippen molar-refractivity contribution in [2.24, 2.45) is 0 Å². The lowest BCUT2D eigenvalue weighted by Gasteiger charge is -2.03. The summed E-state index contributed by atoms with van der Waals surface area (Å²) in [6, 6.07) is 8.17. The molecule has 0 N–H and O–H groups in total. The number of imidazole rings is 2. The zero-order chi connectivity index (χ0) is 13.7. The average Bonchev–Trinajstić information content (AvgIpc) is 3.01. The van der Waals surface area contributed by atoms with Crippen LogP contribution >= 0.6 is 45.2 Å². The van der Waals surface area contributed by atoms with Crippen LogP contribution in [0.4, 0.5) is 0 Å². The lowest BCUT2D eigenvalue weighted by atomic mass is 10.3. The van der Waals surface area contributed by atoms with Crippen LogP contribution in [0.25, 0.3) is 22.7 Å². The topological polar surface area (TPSA) is 34.6 Å². The molecule has 0 aliphatic carbocycles. The van der Waals surface area contributed by atoms with Gasteiger partial charge in [0.25, 0.3) is 0 Å². The third-order valence-corrected chi connectivity index (χ3v) is 4.48. The minimum atomic E-state index is 0.945. The van der Waals surface area contributed by atoms with Crippen LogP contribution in [0.15, 0.2) is 49.1 Å². The Labute approximate surface area is 142 Å². The molecule has 0 saturated heterocycles. The second-order valence-corrected chi connectivity index (χ2v) is 6.93. The highest BCUT2D eigenvalue weighted by Gasteiger charge is 2.11. The number of fused-ring (bicyclic) bond motifs is 2. The summed E-state index contributed by atoms with van der Waals surface area (Å²) in [6.07, 6.45) is 7.97. The quantitative estimate of drug-likeness (QED) is 0.384. The SMILES string of the molecule is Ic1ccc2ncc(-c3cnc4ccc(I)cn34)n2c1. The van der Waals surface area contributed by atoms with Gasteiger partial charge in [0.2, 0.25) is 0 Å². The van der Waals surface area contributed by atoms with Gasteiger partial charge in [-0.1, -0.05) is 0 Å². The maximum Gasteiger partial charge on any atom is 0.137 e. The average molecular weight is 486 g/mol. The minimum absolute atomic E-state index is 0.945. The Morgan fingerprint density at radius 1 is 0.700 bits per heavy atom. The van der Waals surface area contributed by atoms with Gasteiger partial charge in [-0.2, -0.15) is 0 Å². The van der Waals surface area contributed by atoms with E-state index in [1.807, 2.05) is 24.5 Å². The highest BCUT2D eigenvalue weighted by atomic mass is 127. The van der Waals surface area contributed by atoms with Crippen molar-refractivity contribution in [2.75, 3.05) is 0 Å². The first-order valence-corrected chi connectivity index (χ1v) is 8.14. The fourth-order valence-corrected chi connectivity index (χ4v) is 3.20. The predicted molar refractivity (Wildman–Crippen MR) is 94.8 cm³/mol. The second-order valence-electron chi connectivity index (χ2n) is 4.44. The maximum absolute atomic E-state index is 4.46. The van der Waals surface area contributed by atoms with Crippen LogP contribution < -0.4 is 0 Å². The Morgan fingerprint density at radius 2 is 1.15 bits per heavy atom. The normalized spacial score (nSPS) is 11.5. The Morgan fingerprint density at radius 3 is 1.60 bits per heavy atom. The van der Waals surface area contributed by atoms with Crippen molar-refractivity contribution in [3.8, 4) is 11.4 Å². The molecular weight excluding hydrogens is 478 g/mol. The summed E-state index contributed by atoms with van der Waals surface area (Å²) in [5, 5.41) is 0. The Balaban J connectivity index is 2.06. The van der Waals surface area contributed by atoms with Crippen molar-refractivity contribution in [1.29, 1.82) is 0 Å². The molecule has 0 spiro atoms. The molecular formula is C14H8I2N4. The number of nitrogens with zero attached hydrogens (tertiary/aromatic N) is 4. The molecule has 4 nitrogen and oxygen atoms in total. The molecule has 0 atom stereocenters. The summed E-state index contributed by atoms with van der Waals surface area (Å²) in [5.41, 5.74) is 3.99. The number of pyridine rings is 2. The number of rotatable bonds is 1. The van der Waals surface area contributed by atoms with Crippen LogP contribution in [0, 0.1) is 7.14 Å². The van der Waals surface area contributed by atoms with Gasteiger partial charge in [-0.3, -0.25) is 8.80 Å². The van der Waals surface area contributed by atoms with E-state index in [9.17, 15) is 0 Å².